The van der Waals surface area contributed by atoms with E-state index in [1.165, 1.54) is 6.92 Å². The Balaban J connectivity index is 2.59. The van der Waals surface area contributed by atoms with Crippen molar-refractivity contribution < 1.29 is 9.63 Å². The third kappa shape index (κ3) is 3.89. The van der Waals surface area contributed by atoms with E-state index in [1.807, 2.05) is 30.3 Å². The summed E-state index contributed by atoms with van der Waals surface area (Å²) in [5.74, 6) is 2.04. The number of carbonyl (C=O) groups is 1. The molecular formula is C10H9NO2. The predicted molar refractivity (Wildman–Crippen MR) is 50.1 cm³/mol. The van der Waals surface area contributed by atoms with Crippen molar-refractivity contribution >= 4 is 17.9 Å². The highest BCUT2D eigenvalue weighted by Gasteiger charge is 1.84. The minimum absolute atomic E-state index is 0.450. The second-order valence-electron chi connectivity index (χ2n) is 2.36. The minimum Gasteiger partial charge on any atom is -0.310 e. The number of hydrogen-bond donors (Lipinski definition) is 0. The fraction of sp³-hybridized carbons (Fsp3) is 0.100. The second-order valence-corrected chi connectivity index (χ2v) is 2.36. The Bertz CT molecular complexity index is 337. The van der Waals surface area contributed by atoms with Gasteiger partial charge in [0, 0.05) is 18.9 Å². The van der Waals surface area contributed by atoms with Crippen molar-refractivity contribution in [2.75, 3.05) is 0 Å². The van der Waals surface area contributed by atoms with Crippen LogP contribution in [-0.4, -0.2) is 11.8 Å². The minimum atomic E-state index is -0.450. The van der Waals surface area contributed by atoms with Crippen LogP contribution in [0.3, 0.4) is 0 Å². The van der Waals surface area contributed by atoms with Gasteiger partial charge >= 0.3 is 5.97 Å². The van der Waals surface area contributed by atoms with Gasteiger partial charge < -0.3 is 4.84 Å². The molecule has 66 valence electrons. The van der Waals surface area contributed by atoms with Gasteiger partial charge in [-0.25, -0.2) is 4.79 Å². The van der Waals surface area contributed by atoms with Gasteiger partial charge in [0.25, 0.3) is 0 Å². The largest absolute Gasteiger partial charge is 0.332 e. The SMILES string of the molecule is CC(=O)ON=C=Cc1ccccc1. The maximum absolute atomic E-state index is 10.3. The van der Waals surface area contributed by atoms with Crippen molar-refractivity contribution in [3.63, 3.8) is 0 Å². The zero-order valence-corrected chi connectivity index (χ0v) is 7.23. The van der Waals surface area contributed by atoms with E-state index >= 15 is 0 Å². The van der Waals surface area contributed by atoms with E-state index in [2.05, 4.69) is 15.9 Å². The third-order valence-corrected chi connectivity index (χ3v) is 1.26. The molecule has 3 nitrogen and oxygen atoms in total. The summed E-state index contributed by atoms with van der Waals surface area (Å²) in [6.45, 7) is 1.29. The molecule has 1 rings (SSSR count). The summed E-state index contributed by atoms with van der Waals surface area (Å²) in [5.41, 5.74) is 0.957. The molecule has 0 saturated carbocycles. The monoisotopic (exact) mass is 175 g/mol. The molecule has 0 unspecified atom stereocenters. The van der Waals surface area contributed by atoms with Crippen LogP contribution in [0, 0.1) is 0 Å². The zero-order chi connectivity index (χ0) is 9.52. The maximum atomic E-state index is 10.3. The molecule has 0 aliphatic heterocycles. The molecule has 3 heteroatoms. The van der Waals surface area contributed by atoms with Crippen molar-refractivity contribution in [3.8, 4) is 0 Å². The van der Waals surface area contributed by atoms with Crippen LogP contribution in [-0.2, 0) is 9.63 Å². The summed E-state index contributed by atoms with van der Waals surface area (Å²) >= 11 is 0. The molecule has 0 aliphatic rings. The lowest BCUT2D eigenvalue weighted by molar-refractivity contribution is -0.140. The van der Waals surface area contributed by atoms with Gasteiger partial charge in [-0.3, -0.25) is 0 Å². The first kappa shape index (κ1) is 9.23. The molecule has 1 aromatic rings. The summed E-state index contributed by atoms with van der Waals surface area (Å²) < 4.78 is 0. The van der Waals surface area contributed by atoms with Crippen LogP contribution in [0.2, 0.25) is 0 Å². The number of nitrogens with zero attached hydrogens (tertiary/aromatic N) is 1. The van der Waals surface area contributed by atoms with Crippen LogP contribution in [0.4, 0.5) is 0 Å². The Morgan fingerprint density at radius 3 is 2.77 bits per heavy atom. The maximum Gasteiger partial charge on any atom is 0.332 e. The van der Waals surface area contributed by atoms with Crippen molar-refractivity contribution in [1.82, 2.24) is 0 Å². The summed E-state index contributed by atoms with van der Waals surface area (Å²) in [6, 6.07) is 9.52. The molecule has 0 saturated heterocycles. The van der Waals surface area contributed by atoms with E-state index in [4.69, 9.17) is 0 Å². The van der Waals surface area contributed by atoms with E-state index in [0.717, 1.165) is 5.56 Å². The van der Waals surface area contributed by atoms with Crippen LogP contribution in [0.15, 0.2) is 35.5 Å². The van der Waals surface area contributed by atoms with E-state index in [-0.39, 0.29) is 0 Å². The zero-order valence-electron chi connectivity index (χ0n) is 7.23. The van der Waals surface area contributed by atoms with Crippen molar-refractivity contribution in [2.24, 2.45) is 5.16 Å². The first-order valence-corrected chi connectivity index (χ1v) is 3.80. The molecule has 0 N–H and O–H groups in total. The highest BCUT2D eigenvalue weighted by atomic mass is 16.7. The van der Waals surface area contributed by atoms with E-state index in [0.29, 0.717) is 0 Å². The number of benzene rings is 1. The van der Waals surface area contributed by atoms with Crippen LogP contribution in [0.25, 0.3) is 6.08 Å². The highest BCUT2D eigenvalue weighted by molar-refractivity contribution is 5.78. The average molecular weight is 175 g/mol. The van der Waals surface area contributed by atoms with Gasteiger partial charge in [0.15, 0.2) is 0 Å². The molecule has 0 amide bonds. The summed E-state index contributed by atoms with van der Waals surface area (Å²) in [7, 11) is 0. The van der Waals surface area contributed by atoms with Crippen molar-refractivity contribution in [3.05, 3.63) is 35.9 Å². The number of rotatable bonds is 2. The first-order chi connectivity index (χ1) is 6.29. The fourth-order valence-electron chi connectivity index (χ4n) is 0.741. The highest BCUT2D eigenvalue weighted by Crippen LogP contribution is 1.97. The van der Waals surface area contributed by atoms with E-state index in [9.17, 15) is 4.79 Å². The van der Waals surface area contributed by atoms with Gasteiger partial charge in [-0.2, -0.15) is 0 Å². The lowest BCUT2D eigenvalue weighted by Crippen LogP contribution is -1.88. The van der Waals surface area contributed by atoms with Gasteiger partial charge in [-0.15, -0.1) is 0 Å². The molecule has 13 heavy (non-hydrogen) atoms. The van der Waals surface area contributed by atoms with Crippen molar-refractivity contribution in [1.29, 1.82) is 0 Å². The van der Waals surface area contributed by atoms with Crippen LogP contribution < -0.4 is 0 Å². The second kappa shape index (κ2) is 4.91. The quantitative estimate of drug-likeness (QED) is 0.391. The topological polar surface area (TPSA) is 38.7 Å². The smallest absolute Gasteiger partial charge is 0.310 e. The predicted octanol–water partition coefficient (Wildman–Crippen LogP) is 1.85. The first-order valence-electron chi connectivity index (χ1n) is 3.80. The van der Waals surface area contributed by atoms with Gasteiger partial charge in [-0.05, 0) is 10.7 Å². The van der Waals surface area contributed by atoms with Crippen LogP contribution in [0.5, 0.6) is 0 Å². The molecular weight excluding hydrogens is 166 g/mol. The van der Waals surface area contributed by atoms with E-state index in [1.54, 1.807) is 6.08 Å². The lowest BCUT2D eigenvalue weighted by atomic mass is 10.2. The standard InChI is InChI=1S/C10H9NO2/c1-9(12)13-11-8-7-10-5-3-2-4-6-10/h2-7H,1H3. The Hall–Kier alpha value is -1.86. The van der Waals surface area contributed by atoms with Gasteiger partial charge in [-0.1, -0.05) is 30.3 Å². The Morgan fingerprint density at radius 2 is 2.15 bits per heavy atom. The molecule has 0 atom stereocenters. The molecule has 0 radical (unpaired) electrons. The molecule has 0 spiro atoms. The van der Waals surface area contributed by atoms with E-state index < -0.39 is 5.97 Å². The van der Waals surface area contributed by atoms with Crippen molar-refractivity contribution in [2.45, 2.75) is 6.92 Å². The van der Waals surface area contributed by atoms with Gasteiger partial charge in [0.1, 0.15) is 0 Å². The van der Waals surface area contributed by atoms with Crippen LogP contribution in [0.1, 0.15) is 12.5 Å². The summed E-state index contributed by atoms with van der Waals surface area (Å²) in [5, 5.41) is 3.31. The lowest BCUT2D eigenvalue weighted by Gasteiger charge is -1.86. The Morgan fingerprint density at radius 1 is 1.46 bits per heavy atom. The number of carbonyl (C=O) groups excluding carboxylic acids is 1. The Labute approximate surface area is 76.3 Å². The number of hydrogen-bond acceptors (Lipinski definition) is 3. The summed E-state index contributed by atoms with van der Waals surface area (Å²) in [6.07, 6.45) is 1.63. The molecule has 0 fully saturated rings. The molecule has 0 aliphatic carbocycles. The third-order valence-electron chi connectivity index (χ3n) is 1.26. The molecule has 0 bridgehead atoms. The van der Waals surface area contributed by atoms with Gasteiger partial charge in [0.2, 0.25) is 0 Å². The average Bonchev–Trinajstić information content (AvgIpc) is 2.14. The molecule has 1 aromatic carbocycles. The van der Waals surface area contributed by atoms with Gasteiger partial charge in [0.05, 0.1) is 0 Å². The van der Waals surface area contributed by atoms with Crippen LogP contribution >= 0.6 is 0 Å². The summed E-state index contributed by atoms with van der Waals surface area (Å²) in [4.78, 5) is 14.6. The normalized spacial score (nSPS) is 8.38. The molecule has 0 aromatic heterocycles. The fourth-order valence-corrected chi connectivity index (χ4v) is 0.741. The Kier molecular flexibility index (Phi) is 3.48. The molecule has 0 heterocycles.